The molecule has 1 aliphatic rings. The number of nitrogens with zero attached hydrogens (tertiary/aromatic N) is 1. The van der Waals surface area contributed by atoms with Crippen molar-refractivity contribution in [2.45, 2.75) is 24.0 Å². The fourth-order valence-electron chi connectivity index (χ4n) is 2.41. The predicted molar refractivity (Wildman–Crippen MR) is 86.7 cm³/mol. The molecular formula is C13H20N2S3. The Hall–Kier alpha value is -0.100. The zero-order valence-corrected chi connectivity index (χ0v) is 13.2. The molecule has 0 atom stereocenters. The Balaban J connectivity index is 1.81. The summed E-state index contributed by atoms with van der Waals surface area (Å²) in [4.78, 5) is 4.70. The van der Waals surface area contributed by atoms with Crippen LogP contribution in [0.25, 0.3) is 0 Å². The van der Waals surface area contributed by atoms with Gasteiger partial charge in [-0.05, 0) is 50.1 Å². The highest BCUT2D eigenvalue weighted by atomic mass is 32.2. The van der Waals surface area contributed by atoms with Crippen molar-refractivity contribution in [3.63, 3.8) is 0 Å². The molecule has 0 radical (unpaired) electrons. The van der Waals surface area contributed by atoms with Crippen LogP contribution in [0.3, 0.4) is 0 Å². The van der Waals surface area contributed by atoms with Crippen LogP contribution in [0.15, 0.2) is 17.5 Å². The highest BCUT2D eigenvalue weighted by Gasteiger charge is 2.36. The third-order valence-corrected chi connectivity index (χ3v) is 6.62. The van der Waals surface area contributed by atoms with Crippen molar-refractivity contribution >= 4 is 40.3 Å². The van der Waals surface area contributed by atoms with Gasteiger partial charge in [0.05, 0.1) is 9.74 Å². The molecule has 100 valence electrons. The van der Waals surface area contributed by atoms with Crippen LogP contribution in [0, 0.1) is 0 Å². The number of thiophene rings is 1. The van der Waals surface area contributed by atoms with Crippen molar-refractivity contribution in [1.82, 2.24) is 4.90 Å². The summed E-state index contributed by atoms with van der Waals surface area (Å²) >= 11 is 8.91. The van der Waals surface area contributed by atoms with Gasteiger partial charge >= 0.3 is 0 Å². The molecule has 1 aromatic rings. The molecule has 0 unspecified atom stereocenters. The van der Waals surface area contributed by atoms with E-state index in [0.29, 0.717) is 4.99 Å². The fraction of sp³-hybridized carbons (Fsp3) is 0.615. The van der Waals surface area contributed by atoms with Gasteiger partial charge in [-0.15, -0.1) is 11.3 Å². The second-order valence-corrected chi connectivity index (χ2v) is 7.40. The standard InChI is InChI=1S/C13H20N2S3/c1-17-13(12(14)16)5-8-15(9-6-13)7-4-11-3-2-10-18-11/h2-3,10H,4-9H2,1H3,(H2,14,16). The van der Waals surface area contributed by atoms with Crippen LogP contribution in [-0.2, 0) is 6.42 Å². The third kappa shape index (κ3) is 3.26. The van der Waals surface area contributed by atoms with Crippen LogP contribution in [0.4, 0.5) is 0 Å². The van der Waals surface area contributed by atoms with Crippen molar-refractivity contribution in [1.29, 1.82) is 0 Å². The molecule has 0 amide bonds. The van der Waals surface area contributed by atoms with Crippen molar-refractivity contribution in [3.8, 4) is 0 Å². The van der Waals surface area contributed by atoms with E-state index in [0.717, 1.165) is 38.9 Å². The number of thioether (sulfide) groups is 1. The van der Waals surface area contributed by atoms with Gasteiger partial charge in [0, 0.05) is 11.4 Å². The van der Waals surface area contributed by atoms with Crippen LogP contribution in [0.1, 0.15) is 17.7 Å². The lowest BCUT2D eigenvalue weighted by Crippen LogP contribution is -2.49. The van der Waals surface area contributed by atoms with Gasteiger partial charge in [-0.1, -0.05) is 18.3 Å². The molecule has 0 aliphatic carbocycles. The fourth-order valence-corrected chi connectivity index (χ4v) is 4.36. The highest BCUT2D eigenvalue weighted by molar-refractivity contribution is 8.02. The summed E-state index contributed by atoms with van der Waals surface area (Å²) in [6, 6.07) is 4.34. The van der Waals surface area contributed by atoms with E-state index in [4.69, 9.17) is 18.0 Å². The Labute approximate surface area is 123 Å². The summed E-state index contributed by atoms with van der Waals surface area (Å²) in [5.41, 5.74) is 5.90. The molecule has 0 spiro atoms. The van der Waals surface area contributed by atoms with Crippen LogP contribution < -0.4 is 5.73 Å². The smallest absolute Gasteiger partial charge is 0.0891 e. The van der Waals surface area contributed by atoms with Crippen LogP contribution in [0.5, 0.6) is 0 Å². The second kappa shape index (κ2) is 6.37. The molecule has 0 saturated carbocycles. The Morgan fingerprint density at radius 3 is 2.78 bits per heavy atom. The van der Waals surface area contributed by atoms with Gasteiger partial charge in [-0.25, -0.2) is 0 Å². The lowest BCUT2D eigenvalue weighted by Gasteiger charge is -2.40. The number of likely N-dealkylation sites (tertiary alicyclic amines) is 1. The largest absolute Gasteiger partial charge is 0.392 e. The lowest BCUT2D eigenvalue weighted by molar-refractivity contribution is 0.223. The molecule has 5 heteroatoms. The number of nitrogens with two attached hydrogens (primary N) is 1. The second-order valence-electron chi connectivity index (χ2n) is 4.73. The number of hydrogen-bond donors (Lipinski definition) is 1. The maximum Gasteiger partial charge on any atom is 0.0891 e. The van der Waals surface area contributed by atoms with Gasteiger partial charge in [0.1, 0.15) is 0 Å². The van der Waals surface area contributed by atoms with E-state index in [2.05, 4.69) is 28.7 Å². The summed E-state index contributed by atoms with van der Waals surface area (Å²) in [7, 11) is 0. The predicted octanol–water partition coefficient (Wildman–Crippen LogP) is 2.77. The Kier molecular flexibility index (Phi) is 5.06. The van der Waals surface area contributed by atoms with E-state index in [9.17, 15) is 0 Å². The zero-order chi connectivity index (χ0) is 13.0. The topological polar surface area (TPSA) is 29.3 Å². The monoisotopic (exact) mass is 300 g/mol. The molecule has 1 saturated heterocycles. The number of thiocarbonyl (C=S) groups is 1. The molecule has 2 N–H and O–H groups in total. The van der Waals surface area contributed by atoms with Crippen molar-refractivity contribution in [2.24, 2.45) is 5.73 Å². The van der Waals surface area contributed by atoms with E-state index in [1.807, 2.05) is 23.1 Å². The van der Waals surface area contributed by atoms with Gasteiger partial charge in [0.2, 0.25) is 0 Å². The van der Waals surface area contributed by atoms with Gasteiger partial charge in [0.25, 0.3) is 0 Å². The first-order chi connectivity index (χ1) is 8.66. The van der Waals surface area contributed by atoms with Gasteiger partial charge < -0.3 is 10.6 Å². The average Bonchev–Trinajstić information content (AvgIpc) is 2.90. The third-order valence-electron chi connectivity index (χ3n) is 3.76. The molecule has 2 nitrogen and oxygen atoms in total. The number of rotatable bonds is 5. The summed E-state index contributed by atoms with van der Waals surface area (Å²) in [6.45, 7) is 3.38. The summed E-state index contributed by atoms with van der Waals surface area (Å²) in [5.74, 6) is 0. The SMILES string of the molecule is CSC1(C(N)=S)CCN(CCc2cccs2)CC1. The first-order valence-corrected chi connectivity index (χ1v) is 8.77. The van der Waals surface area contributed by atoms with Gasteiger partial charge in [-0.3, -0.25) is 0 Å². The quantitative estimate of drug-likeness (QED) is 0.847. The van der Waals surface area contributed by atoms with Crippen LogP contribution >= 0.6 is 35.3 Å². The van der Waals surface area contributed by atoms with Crippen molar-refractivity contribution < 1.29 is 0 Å². The maximum atomic E-state index is 5.90. The molecule has 1 aromatic heterocycles. The normalized spacial score (nSPS) is 19.8. The lowest BCUT2D eigenvalue weighted by atomic mass is 9.95. The van der Waals surface area contributed by atoms with Crippen LogP contribution in [-0.4, -0.2) is 40.5 Å². The molecule has 1 aliphatic heterocycles. The van der Waals surface area contributed by atoms with E-state index in [-0.39, 0.29) is 4.75 Å². The molecule has 2 heterocycles. The van der Waals surface area contributed by atoms with E-state index < -0.39 is 0 Å². The van der Waals surface area contributed by atoms with E-state index >= 15 is 0 Å². The minimum absolute atomic E-state index is 0.0504. The molecular weight excluding hydrogens is 280 g/mol. The minimum Gasteiger partial charge on any atom is -0.392 e. The van der Waals surface area contributed by atoms with Crippen LogP contribution in [0.2, 0.25) is 0 Å². The summed E-state index contributed by atoms with van der Waals surface area (Å²) in [6.07, 6.45) is 5.47. The van der Waals surface area contributed by atoms with E-state index in [1.165, 1.54) is 4.88 Å². The number of hydrogen-bond acceptors (Lipinski definition) is 4. The minimum atomic E-state index is 0.0504. The average molecular weight is 301 g/mol. The Bertz CT molecular complexity index is 381. The first-order valence-electron chi connectivity index (χ1n) is 6.26. The van der Waals surface area contributed by atoms with Gasteiger partial charge in [-0.2, -0.15) is 11.8 Å². The maximum absolute atomic E-state index is 5.90. The van der Waals surface area contributed by atoms with Gasteiger partial charge in [0.15, 0.2) is 0 Å². The molecule has 2 rings (SSSR count). The van der Waals surface area contributed by atoms with Crippen molar-refractivity contribution in [3.05, 3.63) is 22.4 Å². The summed E-state index contributed by atoms with van der Waals surface area (Å²) < 4.78 is 0.0504. The molecule has 0 bridgehead atoms. The van der Waals surface area contributed by atoms with Crippen molar-refractivity contribution in [2.75, 3.05) is 25.9 Å². The number of piperidine rings is 1. The zero-order valence-electron chi connectivity index (χ0n) is 10.7. The Morgan fingerprint density at radius 1 is 1.56 bits per heavy atom. The van der Waals surface area contributed by atoms with E-state index in [1.54, 1.807) is 0 Å². The first kappa shape index (κ1) is 14.3. The molecule has 18 heavy (non-hydrogen) atoms. The summed E-state index contributed by atoms with van der Waals surface area (Å²) in [5, 5.41) is 2.15. The molecule has 0 aromatic carbocycles. The highest BCUT2D eigenvalue weighted by Crippen LogP contribution is 2.34. The molecule has 1 fully saturated rings. The Morgan fingerprint density at radius 2 is 2.28 bits per heavy atom.